The molecule has 1 fully saturated rings. The molecule has 1 saturated carbocycles. The first kappa shape index (κ1) is 14.4. The number of amides is 1. The molecule has 1 aromatic rings. The van der Waals surface area contributed by atoms with Gasteiger partial charge < -0.3 is 5.32 Å². The minimum Gasteiger partial charge on any atom is -0.352 e. The standard InChI is InChI=1S/C13H22N4OS/c1-8(2)11-15-13(17-16-11)19-9(3)12(18)14-10-6-4-5-7-10/h8-10H,4-7H2,1-3H3,(H,14,18)(H,15,16,17)/t9-/m1/s1. The van der Waals surface area contributed by atoms with Gasteiger partial charge in [0.05, 0.1) is 5.25 Å². The van der Waals surface area contributed by atoms with Crippen LogP contribution in [0.2, 0.25) is 0 Å². The molecule has 106 valence electrons. The van der Waals surface area contributed by atoms with Crippen LogP contribution in [0.25, 0.3) is 0 Å². The van der Waals surface area contributed by atoms with Crippen LogP contribution in [0.4, 0.5) is 0 Å². The average molecular weight is 282 g/mol. The molecule has 0 saturated heterocycles. The van der Waals surface area contributed by atoms with Crippen molar-refractivity contribution >= 4 is 17.7 Å². The summed E-state index contributed by atoms with van der Waals surface area (Å²) in [5, 5.41) is 10.6. The summed E-state index contributed by atoms with van der Waals surface area (Å²) in [7, 11) is 0. The monoisotopic (exact) mass is 282 g/mol. The minimum absolute atomic E-state index is 0.0906. The lowest BCUT2D eigenvalue weighted by atomic mass is 10.2. The molecule has 2 rings (SSSR count). The number of H-pyrrole nitrogens is 1. The predicted octanol–water partition coefficient (Wildman–Crippen LogP) is 2.47. The Balaban J connectivity index is 1.84. The van der Waals surface area contributed by atoms with E-state index in [9.17, 15) is 4.79 Å². The zero-order valence-corrected chi connectivity index (χ0v) is 12.6. The van der Waals surface area contributed by atoms with Crippen LogP contribution in [-0.4, -0.2) is 32.4 Å². The Bertz CT molecular complexity index is 426. The van der Waals surface area contributed by atoms with Crippen LogP contribution in [-0.2, 0) is 4.79 Å². The second kappa shape index (κ2) is 6.41. The Morgan fingerprint density at radius 3 is 2.63 bits per heavy atom. The quantitative estimate of drug-likeness (QED) is 0.814. The Hall–Kier alpha value is -1.04. The van der Waals surface area contributed by atoms with Crippen LogP contribution in [0.5, 0.6) is 0 Å². The summed E-state index contributed by atoms with van der Waals surface area (Å²) in [6.07, 6.45) is 4.68. The molecule has 6 heteroatoms. The molecular formula is C13H22N4OS. The van der Waals surface area contributed by atoms with Crippen LogP contribution < -0.4 is 5.32 Å². The van der Waals surface area contributed by atoms with Crippen molar-refractivity contribution in [3.8, 4) is 0 Å². The fraction of sp³-hybridized carbons (Fsp3) is 0.769. The molecule has 19 heavy (non-hydrogen) atoms. The van der Waals surface area contributed by atoms with Crippen LogP contribution in [0, 0.1) is 0 Å². The second-order valence-electron chi connectivity index (χ2n) is 5.41. The van der Waals surface area contributed by atoms with Gasteiger partial charge in [-0.2, -0.15) is 0 Å². The van der Waals surface area contributed by atoms with Crippen LogP contribution in [0.1, 0.15) is 58.2 Å². The van der Waals surface area contributed by atoms with Crippen molar-refractivity contribution in [2.24, 2.45) is 0 Å². The van der Waals surface area contributed by atoms with E-state index < -0.39 is 0 Å². The second-order valence-corrected chi connectivity index (χ2v) is 6.72. The van der Waals surface area contributed by atoms with Gasteiger partial charge in [0.25, 0.3) is 0 Å². The van der Waals surface area contributed by atoms with Crippen molar-refractivity contribution in [1.82, 2.24) is 20.5 Å². The number of nitrogens with one attached hydrogen (secondary N) is 2. The zero-order valence-electron chi connectivity index (χ0n) is 11.8. The van der Waals surface area contributed by atoms with Crippen LogP contribution in [0.3, 0.4) is 0 Å². The summed E-state index contributed by atoms with van der Waals surface area (Å²) in [6, 6.07) is 0.369. The lowest BCUT2D eigenvalue weighted by molar-refractivity contribution is -0.120. The lowest BCUT2D eigenvalue weighted by Gasteiger charge is -2.15. The predicted molar refractivity (Wildman–Crippen MR) is 76.2 cm³/mol. The smallest absolute Gasteiger partial charge is 0.233 e. The van der Waals surface area contributed by atoms with E-state index in [-0.39, 0.29) is 11.2 Å². The van der Waals surface area contributed by atoms with Gasteiger partial charge in [-0.3, -0.25) is 9.89 Å². The third-order valence-corrected chi connectivity index (χ3v) is 4.34. The number of aromatic amines is 1. The summed E-state index contributed by atoms with van der Waals surface area (Å²) in [5.74, 6) is 1.28. The van der Waals surface area contributed by atoms with Crippen LogP contribution in [0.15, 0.2) is 5.16 Å². The van der Waals surface area contributed by atoms with Gasteiger partial charge in [0.2, 0.25) is 11.1 Å². The van der Waals surface area contributed by atoms with E-state index >= 15 is 0 Å². The first-order valence-corrected chi connectivity index (χ1v) is 7.83. The molecule has 0 aliphatic heterocycles. The molecule has 0 bridgehead atoms. The molecule has 5 nitrogen and oxygen atoms in total. The summed E-state index contributed by atoms with van der Waals surface area (Å²) < 4.78 is 0. The molecule has 1 aromatic heterocycles. The summed E-state index contributed by atoms with van der Waals surface area (Å²) >= 11 is 1.41. The summed E-state index contributed by atoms with van der Waals surface area (Å²) in [6.45, 7) is 6.02. The normalized spacial score (nSPS) is 17.9. The number of aromatic nitrogens is 3. The molecule has 1 amide bonds. The van der Waals surface area contributed by atoms with Crippen LogP contribution >= 0.6 is 11.8 Å². The van der Waals surface area contributed by atoms with Gasteiger partial charge in [-0.05, 0) is 19.8 Å². The van der Waals surface area contributed by atoms with E-state index in [1.165, 1.54) is 24.6 Å². The molecule has 0 unspecified atom stereocenters. The van der Waals surface area contributed by atoms with E-state index in [2.05, 4.69) is 34.3 Å². The van der Waals surface area contributed by atoms with Gasteiger partial charge in [0, 0.05) is 12.0 Å². The molecule has 1 atom stereocenters. The van der Waals surface area contributed by atoms with Crippen molar-refractivity contribution in [2.45, 2.75) is 68.8 Å². The third kappa shape index (κ3) is 3.96. The summed E-state index contributed by atoms with van der Waals surface area (Å²) in [5.41, 5.74) is 0. The zero-order chi connectivity index (χ0) is 13.8. The average Bonchev–Trinajstić information content (AvgIpc) is 2.99. The van der Waals surface area contributed by atoms with Crippen molar-refractivity contribution < 1.29 is 4.79 Å². The first-order chi connectivity index (χ1) is 9.06. The number of thioether (sulfide) groups is 1. The molecule has 0 spiro atoms. The van der Waals surface area contributed by atoms with E-state index in [1.54, 1.807) is 0 Å². The molecule has 2 N–H and O–H groups in total. The van der Waals surface area contributed by atoms with Crippen molar-refractivity contribution in [3.63, 3.8) is 0 Å². The Kier molecular flexibility index (Phi) is 4.85. The van der Waals surface area contributed by atoms with Gasteiger partial charge >= 0.3 is 0 Å². The minimum atomic E-state index is -0.156. The Labute approximate surface area is 118 Å². The number of carbonyl (C=O) groups is 1. The highest BCUT2D eigenvalue weighted by Crippen LogP contribution is 2.22. The highest BCUT2D eigenvalue weighted by Gasteiger charge is 2.22. The molecule has 0 radical (unpaired) electrons. The first-order valence-electron chi connectivity index (χ1n) is 6.95. The molecule has 1 aliphatic carbocycles. The van der Waals surface area contributed by atoms with E-state index in [0.717, 1.165) is 18.7 Å². The Morgan fingerprint density at radius 1 is 1.37 bits per heavy atom. The highest BCUT2D eigenvalue weighted by molar-refractivity contribution is 8.00. The fourth-order valence-electron chi connectivity index (χ4n) is 2.17. The highest BCUT2D eigenvalue weighted by atomic mass is 32.2. The number of hydrogen-bond acceptors (Lipinski definition) is 4. The maximum Gasteiger partial charge on any atom is 0.233 e. The maximum absolute atomic E-state index is 12.0. The molecule has 0 aromatic carbocycles. The van der Waals surface area contributed by atoms with E-state index in [0.29, 0.717) is 17.1 Å². The maximum atomic E-state index is 12.0. The Morgan fingerprint density at radius 2 is 2.05 bits per heavy atom. The van der Waals surface area contributed by atoms with Gasteiger partial charge in [-0.15, -0.1) is 5.10 Å². The number of carbonyl (C=O) groups excluding carboxylic acids is 1. The van der Waals surface area contributed by atoms with E-state index in [1.807, 2.05) is 6.92 Å². The fourth-order valence-corrected chi connectivity index (χ4v) is 2.91. The largest absolute Gasteiger partial charge is 0.352 e. The number of hydrogen-bond donors (Lipinski definition) is 2. The lowest BCUT2D eigenvalue weighted by Crippen LogP contribution is -2.37. The number of rotatable bonds is 5. The van der Waals surface area contributed by atoms with Crippen molar-refractivity contribution in [2.75, 3.05) is 0 Å². The third-order valence-electron chi connectivity index (χ3n) is 3.38. The molecule has 1 heterocycles. The molecular weight excluding hydrogens is 260 g/mol. The van der Waals surface area contributed by atoms with Gasteiger partial charge in [-0.25, -0.2) is 4.98 Å². The van der Waals surface area contributed by atoms with Gasteiger partial charge in [-0.1, -0.05) is 38.5 Å². The van der Waals surface area contributed by atoms with E-state index in [4.69, 9.17) is 0 Å². The molecule has 1 aliphatic rings. The SMILES string of the molecule is CC(C)c1nc(S[C@H](C)C(=O)NC2CCCC2)n[nH]1. The topological polar surface area (TPSA) is 70.7 Å². The number of nitrogens with zero attached hydrogens (tertiary/aromatic N) is 2. The van der Waals surface area contributed by atoms with Gasteiger partial charge in [0.1, 0.15) is 5.82 Å². The van der Waals surface area contributed by atoms with Crippen molar-refractivity contribution in [3.05, 3.63) is 5.82 Å². The summed E-state index contributed by atoms with van der Waals surface area (Å²) in [4.78, 5) is 16.4. The van der Waals surface area contributed by atoms with Gasteiger partial charge in [0.15, 0.2) is 0 Å². The van der Waals surface area contributed by atoms with Crippen molar-refractivity contribution in [1.29, 1.82) is 0 Å².